The summed E-state index contributed by atoms with van der Waals surface area (Å²) in [5.74, 6) is 0.549. The molecule has 0 atom stereocenters. The molecule has 0 aliphatic rings. The summed E-state index contributed by atoms with van der Waals surface area (Å²) in [5.41, 5.74) is 2.44. The SMILES string of the molecule is CCCNCc1cccc(F)c1Oc1c(C)nn(C)c1C. The van der Waals surface area contributed by atoms with Gasteiger partial charge in [0.05, 0.1) is 5.69 Å². The van der Waals surface area contributed by atoms with E-state index < -0.39 is 0 Å². The Morgan fingerprint density at radius 1 is 1.29 bits per heavy atom. The molecular formula is C16H22FN3O. The number of nitrogens with one attached hydrogen (secondary N) is 1. The van der Waals surface area contributed by atoms with Gasteiger partial charge in [0.2, 0.25) is 0 Å². The van der Waals surface area contributed by atoms with E-state index in [1.807, 2.05) is 27.0 Å². The van der Waals surface area contributed by atoms with E-state index in [0.717, 1.165) is 29.9 Å². The van der Waals surface area contributed by atoms with Gasteiger partial charge in [-0.3, -0.25) is 4.68 Å². The molecule has 1 aromatic carbocycles. The van der Waals surface area contributed by atoms with Crippen LogP contribution in [0.15, 0.2) is 18.2 Å². The first kappa shape index (κ1) is 15.5. The number of para-hydroxylation sites is 1. The fraction of sp³-hybridized carbons (Fsp3) is 0.438. The standard InChI is InChI=1S/C16H22FN3O/c1-5-9-18-10-13-7-6-8-14(17)16(13)21-15-11(2)19-20(4)12(15)3/h6-8,18H,5,9-10H2,1-4H3. The van der Waals surface area contributed by atoms with Gasteiger partial charge in [-0.05, 0) is 32.9 Å². The molecule has 0 spiro atoms. The van der Waals surface area contributed by atoms with Crippen molar-refractivity contribution in [1.29, 1.82) is 0 Å². The highest BCUT2D eigenvalue weighted by atomic mass is 19.1. The molecule has 4 nitrogen and oxygen atoms in total. The fourth-order valence-corrected chi connectivity index (χ4v) is 2.21. The third kappa shape index (κ3) is 3.42. The number of aryl methyl sites for hydroxylation is 2. The smallest absolute Gasteiger partial charge is 0.171 e. The molecule has 114 valence electrons. The summed E-state index contributed by atoms with van der Waals surface area (Å²) in [6.45, 7) is 7.34. The molecule has 0 fully saturated rings. The van der Waals surface area contributed by atoms with E-state index in [2.05, 4.69) is 17.3 Å². The molecule has 2 rings (SSSR count). The summed E-state index contributed by atoms with van der Waals surface area (Å²) in [6, 6.07) is 5.00. The maximum absolute atomic E-state index is 14.1. The monoisotopic (exact) mass is 291 g/mol. The van der Waals surface area contributed by atoms with Crippen LogP contribution in [0.3, 0.4) is 0 Å². The molecule has 1 heterocycles. The Morgan fingerprint density at radius 2 is 2.05 bits per heavy atom. The van der Waals surface area contributed by atoms with E-state index in [0.29, 0.717) is 12.3 Å². The first-order chi connectivity index (χ1) is 10.0. The second-order valence-corrected chi connectivity index (χ2v) is 5.13. The Kier molecular flexibility index (Phi) is 4.96. The number of rotatable bonds is 6. The number of ether oxygens (including phenoxy) is 1. The minimum atomic E-state index is -0.353. The number of hydrogen-bond donors (Lipinski definition) is 1. The Hall–Kier alpha value is -1.88. The summed E-state index contributed by atoms with van der Waals surface area (Å²) in [7, 11) is 1.85. The predicted molar refractivity (Wildman–Crippen MR) is 81.2 cm³/mol. The molecule has 0 amide bonds. The van der Waals surface area contributed by atoms with Crippen LogP contribution >= 0.6 is 0 Å². The Morgan fingerprint density at radius 3 is 2.67 bits per heavy atom. The third-order valence-electron chi connectivity index (χ3n) is 3.44. The van der Waals surface area contributed by atoms with Crippen molar-refractivity contribution in [3.63, 3.8) is 0 Å². The molecule has 2 aromatic rings. The zero-order chi connectivity index (χ0) is 15.4. The second kappa shape index (κ2) is 6.72. The lowest BCUT2D eigenvalue weighted by Crippen LogP contribution is -2.14. The topological polar surface area (TPSA) is 39.1 Å². The van der Waals surface area contributed by atoms with Gasteiger partial charge in [0.25, 0.3) is 0 Å². The molecule has 1 N–H and O–H groups in total. The highest BCUT2D eigenvalue weighted by molar-refractivity contribution is 5.42. The van der Waals surface area contributed by atoms with Gasteiger partial charge in [0, 0.05) is 19.2 Å². The molecule has 0 aliphatic heterocycles. The minimum Gasteiger partial charge on any atom is -0.450 e. The van der Waals surface area contributed by atoms with Crippen LogP contribution in [0.4, 0.5) is 4.39 Å². The Labute approximate surface area is 124 Å². The molecule has 1 aromatic heterocycles. The van der Waals surface area contributed by atoms with Crippen molar-refractivity contribution in [2.45, 2.75) is 33.7 Å². The van der Waals surface area contributed by atoms with E-state index in [9.17, 15) is 4.39 Å². The summed E-state index contributed by atoms with van der Waals surface area (Å²) in [6.07, 6.45) is 1.03. The maximum atomic E-state index is 14.1. The highest BCUT2D eigenvalue weighted by Gasteiger charge is 2.16. The van der Waals surface area contributed by atoms with E-state index in [1.165, 1.54) is 6.07 Å². The molecule has 21 heavy (non-hydrogen) atoms. The van der Waals surface area contributed by atoms with Crippen molar-refractivity contribution < 1.29 is 9.13 Å². The molecule has 5 heteroatoms. The molecule has 0 unspecified atom stereocenters. The van der Waals surface area contributed by atoms with Gasteiger partial charge in [-0.2, -0.15) is 5.10 Å². The van der Waals surface area contributed by atoms with Crippen LogP contribution in [0.2, 0.25) is 0 Å². The Balaban J connectivity index is 2.30. The van der Waals surface area contributed by atoms with E-state index in [1.54, 1.807) is 10.7 Å². The number of halogens is 1. The Bertz CT molecular complexity index is 622. The van der Waals surface area contributed by atoms with Crippen molar-refractivity contribution >= 4 is 0 Å². The average Bonchev–Trinajstić information content (AvgIpc) is 2.68. The van der Waals surface area contributed by atoms with Crippen molar-refractivity contribution in [2.24, 2.45) is 7.05 Å². The van der Waals surface area contributed by atoms with Gasteiger partial charge in [-0.15, -0.1) is 0 Å². The number of benzene rings is 1. The van der Waals surface area contributed by atoms with E-state index in [-0.39, 0.29) is 11.6 Å². The van der Waals surface area contributed by atoms with Gasteiger partial charge in [-0.1, -0.05) is 19.1 Å². The number of hydrogen-bond acceptors (Lipinski definition) is 3. The molecule has 0 saturated carbocycles. The van der Waals surface area contributed by atoms with Gasteiger partial charge in [-0.25, -0.2) is 4.39 Å². The fourth-order valence-electron chi connectivity index (χ4n) is 2.21. The van der Waals surface area contributed by atoms with Crippen LogP contribution in [-0.4, -0.2) is 16.3 Å². The van der Waals surface area contributed by atoms with Crippen LogP contribution in [0.5, 0.6) is 11.5 Å². The number of aromatic nitrogens is 2. The van der Waals surface area contributed by atoms with Crippen LogP contribution in [0.25, 0.3) is 0 Å². The summed E-state index contributed by atoms with van der Waals surface area (Å²) in [4.78, 5) is 0. The third-order valence-corrected chi connectivity index (χ3v) is 3.44. The van der Waals surface area contributed by atoms with Crippen molar-refractivity contribution in [3.05, 3.63) is 41.0 Å². The molecular weight excluding hydrogens is 269 g/mol. The largest absolute Gasteiger partial charge is 0.450 e. The minimum absolute atomic E-state index is 0.278. The first-order valence-electron chi connectivity index (χ1n) is 7.20. The van der Waals surface area contributed by atoms with Gasteiger partial charge in [0.15, 0.2) is 17.3 Å². The summed E-state index contributed by atoms with van der Waals surface area (Å²) in [5, 5.41) is 7.57. The van der Waals surface area contributed by atoms with Gasteiger partial charge >= 0.3 is 0 Å². The number of nitrogens with zero attached hydrogens (tertiary/aromatic N) is 2. The van der Waals surface area contributed by atoms with Crippen LogP contribution in [0.1, 0.15) is 30.3 Å². The average molecular weight is 291 g/mol. The lowest BCUT2D eigenvalue weighted by Gasteiger charge is -2.13. The van der Waals surface area contributed by atoms with Gasteiger partial charge in [0.1, 0.15) is 5.69 Å². The van der Waals surface area contributed by atoms with Crippen LogP contribution < -0.4 is 10.1 Å². The van der Waals surface area contributed by atoms with Gasteiger partial charge < -0.3 is 10.1 Å². The highest BCUT2D eigenvalue weighted by Crippen LogP contribution is 2.32. The normalized spacial score (nSPS) is 10.9. The van der Waals surface area contributed by atoms with Crippen molar-refractivity contribution in [1.82, 2.24) is 15.1 Å². The lowest BCUT2D eigenvalue weighted by molar-refractivity contribution is 0.428. The summed E-state index contributed by atoms with van der Waals surface area (Å²) < 4.78 is 21.7. The molecule has 0 aliphatic carbocycles. The summed E-state index contributed by atoms with van der Waals surface area (Å²) >= 11 is 0. The van der Waals surface area contributed by atoms with Crippen molar-refractivity contribution in [2.75, 3.05) is 6.54 Å². The lowest BCUT2D eigenvalue weighted by atomic mass is 10.2. The quantitative estimate of drug-likeness (QED) is 0.828. The zero-order valence-electron chi connectivity index (χ0n) is 13.0. The molecule has 0 saturated heterocycles. The van der Waals surface area contributed by atoms with Crippen LogP contribution in [-0.2, 0) is 13.6 Å². The van der Waals surface area contributed by atoms with E-state index >= 15 is 0 Å². The first-order valence-corrected chi connectivity index (χ1v) is 7.20. The van der Waals surface area contributed by atoms with Crippen LogP contribution in [0, 0.1) is 19.7 Å². The van der Waals surface area contributed by atoms with Crippen molar-refractivity contribution in [3.8, 4) is 11.5 Å². The predicted octanol–water partition coefficient (Wildman–Crippen LogP) is 3.47. The molecule has 0 radical (unpaired) electrons. The molecule has 0 bridgehead atoms. The second-order valence-electron chi connectivity index (χ2n) is 5.13. The maximum Gasteiger partial charge on any atom is 0.171 e. The zero-order valence-corrected chi connectivity index (χ0v) is 13.0. The van der Waals surface area contributed by atoms with E-state index in [4.69, 9.17) is 4.74 Å².